The fourth-order valence-corrected chi connectivity index (χ4v) is 2.14. The number of thiazole rings is 1. The first-order valence-electron chi connectivity index (χ1n) is 4.67. The van der Waals surface area contributed by atoms with Crippen molar-refractivity contribution >= 4 is 34.0 Å². The first kappa shape index (κ1) is 13.2. The van der Waals surface area contributed by atoms with Crippen LogP contribution in [0.3, 0.4) is 0 Å². The summed E-state index contributed by atoms with van der Waals surface area (Å²) in [5.41, 5.74) is 0. The van der Waals surface area contributed by atoms with E-state index in [1.54, 1.807) is 0 Å². The van der Waals surface area contributed by atoms with Gasteiger partial charge in [0.25, 0.3) is 0 Å². The van der Waals surface area contributed by atoms with Crippen molar-refractivity contribution in [3.8, 4) is 0 Å². The summed E-state index contributed by atoms with van der Waals surface area (Å²) in [6, 6.07) is 0. The number of rotatable bonds is 5. The Morgan fingerprint density at radius 3 is 2.50 bits per heavy atom. The Balaban J connectivity index is 2.73. The Bertz CT molecular complexity index is 381. The van der Waals surface area contributed by atoms with Gasteiger partial charge in [0.2, 0.25) is 0 Å². The molecule has 90 valence electrons. The molecular weight excluding hydrogens is 250 g/mol. The number of anilines is 1. The van der Waals surface area contributed by atoms with E-state index in [2.05, 4.69) is 4.98 Å². The molecule has 1 heterocycles. The summed E-state index contributed by atoms with van der Waals surface area (Å²) in [6.07, 6.45) is 0. The third-order valence-electron chi connectivity index (χ3n) is 1.98. The van der Waals surface area contributed by atoms with Crippen molar-refractivity contribution in [3.63, 3.8) is 0 Å². The monoisotopic (exact) mass is 263 g/mol. The maximum absolute atomic E-state index is 10.8. The Kier molecular flexibility index (Phi) is 4.52. The maximum atomic E-state index is 10.8. The number of hydrogen-bond donors (Lipinski definition) is 1. The van der Waals surface area contributed by atoms with E-state index in [-0.39, 0.29) is 10.0 Å². The van der Waals surface area contributed by atoms with E-state index < -0.39 is 5.97 Å². The molecule has 0 atom stereocenters. The molecule has 0 unspecified atom stereocenters. The SMILES string of the molecule is CN(C)CCN(C)c1nc(Cl)c(C(=O)O)s1. The molecule has 0 saturated carbocycles. The van der Waals surface area contributed by atoms with E-state index in [1.165, 1.54) is 0 Å². The predicted octanol–water partition coefficient (Wildman–Crippen LogP) is 1.49. The molecule has 1 rings (SSSR count). The summed E-state index contributed by atoms with van der Waals surface area (Å²) in [6.45, 7) is 1.64. The van der Waals surface area contributed by atoms with Crippen LogP contribution >= 0.6 is 22.9 Å². The van der Waals surface area contributed by atoms with Crippen LogP contribution in [0.1, 0.15) is 9.67 Å². The van der Waals surface area contributed by atoms with Gasteiger partial charge in [-0.15, -0.1) is 0 Å². The van der Waals surface area contributed by atoms with Crippen molar-refractivity contribution in [2.24, 2.45) is 0 Å². The summed E-state index contributed by atoms with van der Waals surface area (Å²) in [7, 11) is 5.82. The van der Waals surface area contributed by atoms with Crippen molar-refractivity contribution < 1.29 is 9.90 Å². The molecular formula is C9H14ClN3O2S. The Morgan fingerprint density at radius 2 is 2.06 bits per heavy atom. The van der Waals surface area contributed by atoms with Crippen molar-refractivity contribution in [1.82, 2.24) is 9.88 Å². The number of likely N-dealkylation sites (N-methyl/N-ethyl adjacent to an activating group) is 2. The molecule has 0 aliphatic rings. The smallest absolute Gasteiger partial charge is 0.349 e. The van der Waals surface area contributed by atoms with Gasteiger partial charge in [-0.2, -0.15) is 0 Å². The highest BCUT2D eigenvalue weighted by molar-refractivity contribution is 7.18. The van der Waals surface area contributed by atoms with Gasteiger partial charge in [-0.05, 0) is 14.1 Å². The number of nitrogens with zero attached hydrogens (tertiary/aromatic N) is 3. The number of halogens is 1. The summed E-state index contributed by atoms with van der Waals surface area (Å²) < 4.78 is 0. The highest BCUT2D eigenvalue weighted by Gasteiger charge is 2.17. The number of aromatic nitrogens is 1. The molecule has 5 nitrogen and oxygen atoms in total. The second-order valence-corrected chi connectivity index (χ2v) is 4.98. The molecule has 7 heteroatoms. The quantitative estimate of drug-likeness (QED) is 0.872. The van der Waals surface area contributed by atoms with Gasteiger partial charge < -0.3 is 14.9 Å². The van der Waals surface area contributed by atoms with Gasteiger partial charge in [-0.3, -0.25) is 0 Å². The first-order chi connectivity index (χ1) is 7.41. The Hall–Kier alpha value is -0.850. The third-order valence-corrected chi connectivity index (χ3v) is 3.52. The van der Waals surface area contributed by atoms with Crippen LogP contribution in [-0.4, -0.2) is 55.2 Å². The zero-order valence-corrected chi connectivity index (χ0v) is 11.0. The van der Waals surface area contributed by atoms with Crippen molar-refractivity contribution in [1.29, 1.82) is 0 Å². The van der Waals surface area contributed by atoms with Crippen molar-refractivity contribution in [2.75, 3.05) is 39.1 Å². The zero-order valence-electron chi connectivity index (χ0n) is 9.40. The highest BCUT2D eigenvalue weighted by atomic mass is 35.5. The second kappa shape index (κ2) is 5.47. The topological polar surface area (TPSA) is 56.7 Å². The molecule has 0 aliphatic heterocycles. The first-order valence-corrected chi connectivity index (χ1v) is 5.86. The summed E-state index contributed by atoms with van der Waals surface area (Å²) in [4.78, 5) is 18.8. The van der Waals surface area contributed by atoms with Crippen molar-refractivity contribution in [2.45, 2.75) is 0 Å². The summed E-state index contributed by atoms with van der Waals surface area (Å²) in [5.74, 6) is -1.03. The lowest BCUT2D eigenvalue weighted by Gasteiger charge is -2.18. The fraction of sp³-hybridized carbons (Fsp3) is 0.556. The second-order valence-electron chi connectivity index (χ2n) is 3.65. The molecule has 0 fully saturated rings. The molecule has 0 amide bonds. The fourth-order valence-electron chi connectivity index (χ4n) is 1.03. The van der Waals surface area contributed by atoms with E-state index in [4.69, 9.17) is 16.7 Å². The number of hydrogen-bond acceptors (Lipinski definition) is 5. The predicted molar refractivity (Wildman–Crippen MR) is 65.9 cm³/mol. The van der Waals surface area contributed by atoms with Gasteiger partial charge in [0.15, 0.2) is 15.2 Å². The zero-order chi connectivity index (χ0) is 12.3. The standard InChI is InChI=1S/C9H14ClN3O2S/c1-12(2)4-5-13(3)9-11-7(10)6(16-9)8(14)15/h4-5H2,1-3H3,(H,14,15). The molecule has 1 aromatic rings. The van der Waals surface area contributed by atoms with E-state index in [0.29, 0.717) is 5.13 Å². The lowest BCUT2D eigenvalue weighted by atomic mass is 10.5. The molecule has 16 heavy (non-hydrogen) atoms. The molecule has 0 aliphatic carbocycles. The van der Waals surface area contributed by atoms with E-state index in [0.717, 1.165) is 24.4 Å². The number of carboxylic acid groups (broad SMARTS) is 1. The largest absolute Gasteiger partial charge is 0.477 e. The average molecular weight is 264 g/mol. The van der Waals surface area contributed by atoms with Crippen LogP contribution in [0.25, 0.3) is 0 Å². The minimum absolute atomic E-state index is 0.0594. The van der Waals surface area contributed by atoms with Gasteiger partial charge >= 0.3 is 5.97 Å². The van der Waals surface area contributed by atoms with Gasteiger partial charge in [0.05, 0.1) is 0 Å². The number of carboxylic acids is 1. The van der Waals surface area contributed by atoms with Crippen molar-refractivity contribution in [3.05, 3.63) is 10.0 Å². The van der Waals surface area contributed by atoms with E-state index >= 15 is 0 Å². The van der Waals surface area contributed by atoms with Gasteiger partial charge in [0.1, 0.15) is 0 Å². The molecule has 1 N–H and O–H groups in total. The normalized spacial score (nSPS) is 10.8. The third kappa shape index (κ3) is 3.33. The molecule has 0 radical (unpaired) electrons. The molecule has 0 aromatic carbocycles. The maximum Gasteiger partial charge on any atom is 0.349 e. The van der Waals surface area contributed by atoms with Crippen LogP contribution in [0.15, 0.2) is 0 Å². The number of carbonyl (C=O) groups is 1. The summed E-state index contributed by atoms with van der Waals surface area (Å²) in [5, 5.41) is 9.53. The summed E-state index contributed by atoms with van der Waals surface area (Å²) >= 11 is 6.82. The van der Waals surface area contributed by atoms with E-state index in [1.807, 2.05) is 30.9 Å². The van der Waals surface area contributed by atoms with Crippen LogP contribution < -0.4 is 4.90 Å². The highest BCUT2D eigenvalue weighted by Crippen LogP contribution is 2.28. The van der Waals surface area contributed by atoms with E-state index in [9.17, 15) is 4.79 Å². The van der Waals surface area contributed by atoms with Gasteiger partial charge in [0, 0.05) is 20.1 Å². The molecule has 0 spiro atoms. The Labute approximate surface area is 103 Å². The van der Waals surface area contributed by atoms with Gasteiger partial charge in [-0.1, -0.05) is 22.9 Å². The molecule has 1 aromatic heterocycles. The number of aromatic carboxylic acids is 1. The molecule has 0 saturated heterocycles. The minimum Gasteiger partial charge on any atom is -0.477 e. The van der Waals surface area contributed by atoms with Crippen LogP contribution in [0.4, 0.5) is 5.13 Å². The van der Waals surface area contributed by atoms with Crippen LogP contribution in [0, 0.1) is 0 Å². The lowest BCUT2D eigenvalue weighted by molar-refractivity contribution is 0.0702. The van der Waals surface area contributed by atoms with Crippen LogP contribution in [0.2, 0.25) is 5.15 Å². The lowest BCUT2D eigenvalue weighted by Crippen LogP contribution is -2.28. The average Bonchev–Trinajstić information content (AvgIpc) is 2.56. The Morgan fingerprint density at radius 1 is 1.44 bits per heavy atom. The molecule has 0 bridgehead atoms. The van der Waals surface area contributed by atoms with Crippen LogP contribution in [-0.2, 0) is 0 Å². The van der Waals surface area contributed by atoms with Crippen LogP contribution in [0.5, 0.6) is 0 Å². The minimum atomic E-state index is -1.03. The van der Waals surface area contributed by atoms with Gasteiger partial charge in [-0.25, -0.2) is 9.78 Å².